The summed E-state index contributed by atoms with van der Waals surface area (Å²) in [6, 6.07) is 9.99. The second-order valence-corrected chi connectivity index (χ2v) is 8.83. The van der Waals surface area contributed by atoms with Gasteiger partial charge in [-0.1, -0.05) is 0 Å². The lowest BCUT2D eigenvalue weighted by atomic mass is 10.0. The Kier molecular flexibility index (Phi) is 8.66. The molecular weight excluding hydrogens is 482 g/mol. The van der Waals surface area contributed by atoms with E-state index in [-0.39, 0.29) is 17.0 Å². The van der Waals surface area contributed by atoms with Crippen LogP contribution in [0.3, 0.4) is 0 Å². The highest BCUT2D eigenvalue weighted by atomic mass is 35.5. The standard InChI is InChI=1S/C26H32ClN5O4/c1-4-35-21-14-18(15-22(36-5-2)24(21)32-10-6-7-11-32)17-31-12-8-19(9-13-31)28-23-16-20(25(33)34-3)29-26(27)30-23/h6-7,10-11,14-16,19H,4-5,8-9,12-13,17H2,1-3H3,(H,28,29,30). The molecule has 1 saturated heterocycles. The fraction of sp³-hybridized carbons (Fsp3) is 0.423. The van der Waals surface area contributed by atoms with Crippen molar-refractivity contribution in [2.24, 2.45) is 0 Å². The van der Waals surface area contributed by atoms with Crippen LogP contribution in [0.25, 0.3) is 5.69 Å². The Labute approximate surface area is 216 Å². The van der Waals surface area contributed by atoms with E-state index in [4.69, 9.17) is 25.8 Å². The number of hydrogen-bond donors (Lipinski definition) is 1. The van der Waals surface area contributed by atoms with Gasteiger partial charge < -0.3 is 24.1 Å². The first-order valence-corrected chi connectivity index (χ1v) is 12.6. The number of nitrogens with one attached hydrogen (secondary N) is 1. The lowest BCUT2D eigenvalue weighted by Crippen LogP contribution is -2.38. The van der Waals surface area contributed by atoms with Crippen molar-refractivity contribution in [2.75, 3.05) is 38.7 Å². The molecule has 9 nitrogen and oxygen atoms in total. The van der Waals surface area contributed by atoms with Crippen molar-refractivity contribution in [3.05, 3.63) is 59.3 Å². The van der Waals surface area contributed by atoms with E-state index in [9.17, 15) is 4.79 Å². The number of rotatable bonds is 10. The van der Waals surface area contributed by atoms with Crippen molar-refractivity contribution in [3.63, 3.8) is 0 Å². The number of carbonyl (C=O) groups is 1. The zero-order chi connectivity index (χ0) is 25.5. The van der Waals surface area contributed by atoms with Crippen molar-refractivity contribution in [3.8, 4) is 17.2 Å². The third-order valence-electron chi connectivity index (χ3n) is 6.00. The molecule has 1 aromatic carbocycles. The van der Waals surface area contributed by atoms with Crippen LogP contribution in [0.5, 0.6) is 11.5 Å². The number of benzene rings is 1. The maximum Gasteiger partial charge on any atom is 0.356 e. The molecule has 0 unspecified atom stereocenters. The number of likely N-dealkylation sites (tertiary alicyclic amines) is 1. The number of carbonyl (C=O) groups excluding carboxylic acids is 1. The smallest absolute Gasteiger partial charge is 0.356 e. The number of esters is 1. The second-order valence-electron chi connectivity index (χ2n) is 8.49. The van der Waals surface area contributed by atoms with Crippen LogP contribution in [-0.2, 0) is 11.3 Å². The highest BCUT2D eigenvalue weighted by Gasteiger charge is 2.22. The monoisotopic (exact) mass is 513 g/mol. The summed E-state index contributed by atoms with van der Waals surface area (Å²) in [5.74, 6) is 1.61. The second kappa shape index (κ2) is 12.1. The highest BCUT2D eigenvalue weighted by molar-refractivity contribution is 6.28. The van der Waals surface area contributed by atoms with Crippen molar-refractivity contribution < 1.29 is 19.0 Å². The van der Waals surface area contributed by atoms with Crippen LogP contribution >= 0.6 is 11.6 Å². The molecule has 192 valence electrons. The molecule has 0 radical (unpaired) electrons. The molecule has 36 heavy (non-hydrogen) atoms. The van der Waals surface area contributed by atoms with Crippen molar-refractivity contribution >= 4 is 23.4 Å². The van der Waals surface area contributed by atoms with Gasteiger partial charge in [0.25, 0.3) is 0 Å². The number of hydrogen-bond acceptors (Lipinski definition) is 8. The van der Waals surface area contributed by atoms with Gasteiger partial charge in [-0.05, 0) is 68.1 Å². The normalized spacial score (nSPS) is 14.4. The first kappa shape index (κ1) is 25.8. The minimum Gasteiger partial charge on any atom is -0.492 e. The van der Waals surface area contributed by atoms with Crippen molar-refractivity contribution in [1.82, 2.24) is 19.4 Å². The number of anilines is 1. The predicted molar refractivity (Wildman–Crippen MR) is 138 cm³/mol. The maximum absolute atomic E-state index is 11.8. The number of methoxy groups -OCH3 is 1. The van der Waals surface area contributed by atoms with Gasteiger partial charge in [-0.25, -0.2) is 14.8 Å². The molecule has 0 saturated carbocycles. The summed E-state index contributed by atoms with van der Waals surface area (Å²) in [6.07, 6.45) is 5.84. The Bertz CT molecular complexity index is 1140. The van der Waals surface area contributed by atoms with Gasteiger partial charge in [-0.15, -0.1) is 0 Å². The van der Waals surface area contributed by atoms with E-state index in [1.165, 1.54) is 7.11 Å². The van der Waals surface area contributed by atoms with Crippen LogP contribution < -0.4 is 14.8 Å². The lowest BCUT2D eigenvalue weighted by Gasteiger charge is -2.33. The maximum atomic E-state index is 11.8. The average Bonchev–Trinajstić information content (AvgIpc) is 3.39. The van der Waals surface area contributed by atoms with Crippen LogP contribution in [0.1, 0.15) is 42.7 Å². The Hall–Kier alpha value is -3.30. The van der Waals surface area contributed by atoms with Crippen LogP contribution in [-0.4, -0.2) is 64.9 Å². The molecule has 10 heteroatoms. The summed E-state index contributed by atoms with van der Waals surface area (Å²) in [5.41, 5.74) is 2.20. The van der Waals surface area contributed by atoms with Crippen LogP contribution in [0.4, 0.5) is 5.82 Å². The third-order valence-corrected chi connectivity index (χ3v) is 6.17. The molecule has 3 heterocycles. The minimum atomic E-state index is -0.544. The quantitative estimate of drug-likeness (QED) is 0.311. The van der Waals surface area contributed by atoms with Gasteiger partial charge in [0, 0.05) is 44.1 Å². The summed E-state index contributed by atoms with van der Waals surface area (Å²) in [5, 5.41) is 3.40. The van der Waals surface area contributed by atoms with Crippen LogP contribution in [0.15, 0.2) is 42.7 Å². The largest absolute Gasteiger partial charge is 0.492 e. The molecule has 0 atom stereocenters. The molecule has 1 N–H and O–H groups in total. The number of nitrogens with zero attached hydrogens (tertiary/aromatic N) is 4. The van der Waals surface area contributed by atoms with E-state index in [0.29, 0.717) is 19.0 Å². The molecule has 2 aromatic heterocycles. The van der Waals surface area contributed by atoms with Gasteiger partial charge in [0.2, 0.25) is 5.28 Å². The predicted octanol–water partition coefficient (Wildman–Crippen LogP) is 4.58. The van der Waals surface area contributed by atoms with E-state index in [2.05, 4.69) is 32.3 Å². The number of aromatic nitrogens is 3. The molecule has 0 spiro atoms. The number of ether oxygens (including phenoxy) is 3. The SMILES string of the molecule is CCOc1cc(CN2CCC(Nc3cc(C(=O)OC)nc(Cl)n3)CC2)cc(OCC)c1-n1cccc1. The van der Waals surface area contributed by atoms with E-state index >= 15 is 0 Å². The Morgan fingerprint density at radius 2 is 1.69 bits per heavy atom. The summed E-state index contributed by atoms with van der Waals surface area (Å²) in [7, 11) is 1.31. The number of piperidine rings is 1. The van der Waals surface area contributed by atoms with E-state index in [0.717, 1.165) is 55.2 Å². The first-order valence-electron chi connectivity index (χ1n) is 12.2. The Morgan fingerprint density at radius 1 is 1.06 bits per heavy atom. The van der Waals surface area contributed by atoms with Crippen LogP contribution in [0.2, 0.25) is 5.28 Å². The van der Waals surface area contributed by atoms with Gasteiger partial charge in [-0.3, -0.25) is 4.90 Å². The van der Waals surface area contributed by atoms with Gasteiger partial charge in [0.05, 0.1) is 20.3 Å². The molecule has 1 aliphatic rings. The Morgan fingerprint density at radius 3 is 2.28 bits per heavy atom. The molecule has 0 bridgehead atoms. The van der Waals surface area contributed by atoms with E-state index in [1.807, 2.05) is 42.9 Å². The lowest BCUT2D eigenvalue weighted by molar-refractivity contribution is 0.0594. The van der Waals surface area contributed by atoms with Crippen molar-refractivity contribution in [2.45, 2.75) is 39.3 Å². The first-order chi connectivity index (χ1) is 17.5. The topological polar surface area (TPSA) is 90.7 Å². The van der Waals surface area contributed by atoms with Crippen molar-refractivity contribution in [1.29, 1.82) is 0 Å². The average molecular weight is 514 g/mol. The molecule has 0 amide bonds. The molecular formula is C26H32ClN5O4. The van der Waals surface area contributed by atoms with E-state index in [1.54, 1.807) is 6.07 Å². The molecule has 1 aliphatic heterocycles. The third kappa shape index (κ3) is 6.27. The van der Waals surface area contributed by atoms with Gasteiger partial charge in [0.1, 0.15) is 23.0 Å². The van der Waals surface area contributed by atoms with Crippen LogP contribution in [0, 0.1) is 0 Å². The zero-order valence-corrected chi connectivity index (χ0v) is 21.6. The fourth-order valence-electron chi connectivity index (χ4n) is 4.40. The summed E-state index contributed by atoms with van der Waals surface area (Å²) in [4.78, 5) is 22.4. The van der Waals surface area contributed by atoms with E-state index < -0.39 is 5.97 Å². The zero-order valence-electron chi connectivity index (χ0n) is 20.9. The molecule has 3 aromatic rings. The molecule has 4 rings (SSSR count). The van der Waals surface area contributed by atoms with Gasteiger partial charge >= 0.3 is 5.97 Å². The summed E-state index contributed by atoms with van der Waals surface area (Å²) in [6.45, 7) is 7.74. The minimum absolute atomic E-state index is 0.0106. The fourth-order valence-corrected chi connectivity index (χ4v) is 4.58. The molecule has 1 fully saturated rings. The Balaban J connectivity index is 1.43. The number of halogens is 1. The van der Waals surface area contributed by atoms with Gasteiger partial charge in [0.15, 0.2) is 5.69 Å². The summed E-state index contributed by atoms with van der Waals surface area (Å²) < 4.78 is 18.8. The highest BCUT2D eigenvalue weighted by Crippen LogP contribution is 2.35. The van der Waals surface area contributed by atoms with Gasteiger partial charge in [-0.2, -0.15) is 0 Å². The molecule has 0 aliphatic carbocycles. The summed E-state index contributed by atoms with van der Waals surface area (Å²) >= 11 is 6.00.